The highest BCUT2D eigenvalue weighted by Crippen LogP contribution is 2.33. The zero-order valence-electron chi connectivity index (χ0n) is 16.8. The van der Waals surface area contributed by atoms with Crippen LogP contribution in [0.15, 0.2) is 36.7 Å². The maximum absolute atomic E-state index is 11.5. The summed E-state index contributed by atoms with van der Waals surface area (Å²) in [7, 11) is 0. The van der Waals surface area contributed by atoms with Gasteiger partial charge in [-0.2, -0.15) is 0 Å². The normalized spacial score (nSPS) is 14.9. The Bertz CT molecular complexity index is 830. The van der Waals surface area contributed by atoms with Crippen molar-refractivity contribution < 1.29 is 19.5 Å². The summed E-state index contributed by atoms with van der Waals surface area (Å²) in [6.45, 7) is 1.19. The van der Waals surface area contributed by atoms with E-state index in [9.17, 15) is 9.59 Å². The number of nitrogens with zero attached hydrogens (tertiary/aromatic N) is 3. The minimum atomic E-state index is -0.375. The summed E-state index contributed by atoms with van der Waals surface area (Å²) in [5, 5.41) is 11.8. The van der Waals surface area contributed by atoms with Crippen molar-refractivity contribution in [3.8, 4) is 5.75 Å². The number of rotatable bonds is 11. The van der Waals surface area contributed by atoms with Crippen LogP contribution in [0.1, 0.15) is 50.1 Å². The topological polar surface area (TPSA) is 117 Å². The van der Waals surface area contributed by atoms with Crippen LogP contribution in [0, 0.1) is 0 Å². The second kappa shape index (κ2) is 11.1. The highest BCUT2D eigenvalue weighted by molar-refractivity contribution is 5.74. The van der Waals surface area contributed by atoms with Gasteiger partial charge in [0.1, 0.15) is 5.75 Å². The summed E-state index contributed by atoms with van der Waals surface area (Å²) in [4.78, 5) is 32.7. The zero-order chi connectivity index (χ0) is 21.2. The molecule has 1 aromatic heterocycles. The molecular formula is C21H27N5O4. The van der Waals surface area contributed by atoms with Crippen molar-refractivity contribution in [3.63, 3.8) is 0 Å². The van der Waals surface area contributed by atoms with E-state index in [-0.39, 0.29) is 11.9 Å². The summed E-state index contributed by atoms with van der Waals surface area (Å²) in [5.41, 5.74) is 3.35. The third kappa shape index (κ3) is 5.90. The van der Waals surface area contributed by atoms with Crippen LogP contribution in [0.2, 0.25) is 0 Å². The fourth-order valence-corrected chi connectivity index (χ4v) is 3.41. The summed E-state index contributed by atoms with van der Waals surface area (Å²) in [6, 6.07) is 8.00. The van der Waals surface area contributed by atoms with E-state index in [2.05, 4.69) is 15.3 Å². The molecule has 2 heterocycles. The average Bonchev–Trinajstić information content (AvgIpc) is 2.79. The molecule has 0 aliphatic carbocycles. The third-order valence-corrected chi connectivity index (χ3v) is 5.04. The van der Waals surface area contributed by atoms with Gasteiger partial charge in [-0.3, -0.25) is 14.8 Å². The molecule has 3 N–H and O–H groups in total. The fraction of sp³-hybridized carbons (Fsp3) is 0.429. The molecule has 2 aromatic rings. The quantitative estimate of drug-likeness (QED) is 0.224. The van der Waals surface area contributed by atoms with Crippen molar-refractivity contribution in [1.29, 1.82) is 0 Å². The SMILES string of the molecule is O=CN(CCCCCCC(=O)NO)c1cnc(N[C@H]2CCOc3ccccc32)nc1. The minimum Gasteiger partial charge on any atom is -0.493 e. The number of hydrogen-bond donors (Lipinski definition) is 3. The fourth-order valence-electron chi connectivity index (χ4n) is 3.41. The number of carbonyl (C=O) groups excluding carboxylic acids is 2. The Morgan fingerprint density at radius 1 is 1.20 bits per heavy atom. The predicted molar refractivity (Wildman–Crippen MR) is 111 cm³/mol. The number of ether oxygens (including phenoxy) is 1. The van der Waals surface area contributed by atoms with Crippen molar-refractivity contribution in [2.75, 3.05) is 23.4 Å². The Hall–Kier alpha value is -3.20. The number of hydrogen-bond acceptors (Lipinski definition) is 7. The molecule has 0 saturated heterocycles. The van der Waals surface area contributed by atoms with E-state index in [0.29, 0.717) is 37.6 Å². The van der Waals surface area contributed by atoms with Crippen LogP contribution in [-0.2, 0) is 9.59 Å². The van der Waals surface area contributed by atoms with Gasteiger partial charge in [-0.1, -0.05) is 31.0 Å². The van der Waals surface area contributed by atoms with Gasteiger partial charge in [-0.15, -0.1) is 0 Å². The summed E-state index contributed by atoms with van der Waals surface area (Å²) < 4.78 is 5.68. The van der Waals surface area contributed by atoms with Crippen LogP contribution in [0.5, 0.6) is 5.75 Å². The van der Waals surface area contributed by atoms with Gasteiger partial charge in [-0.05, 0) is 18.9 Å². The molecule has 2 amide bonds. The second-order valence-corrected chi connectivity index (χ2v) is 7.13. The molecule has 1 aromatic carbocycles. The molecule has 0 fully saturated rings. The van der Waals surface area contributed by atoms with E-state index in [1.54, 1.807) is 22.8 Å². The Balaban J connectivity index is 1.48. The number of hydroxylamine groups is 1. The minimum absolute atomic E-state index is 0.0795. The lowest BCUT2D eigenvalue weighted by atomic mass is 10.0. The van der Waals surface area contributed by atoms with Crippen molar-refractivity contribution in [2.45, 2.75) is 44.6 Å². The first kappa shape index (κ1) is 21.5. The predicted octanol–water partition coefficient (Wildman–Crippen LogP) is 2.83. The van der Waals surface area contributed by atoms with Gasteiger partial charge in [0, 0.05) is 24.9 Å². The van der Waals surface area contributed by atoms with Crippen LogP contribution in [0.4, 0.5) is 11.6 Å². The molecule has 3 rings (SSSR count). The van der Waals surface area contributed by atoms with E-state index in [4.69, 9.17) is 9.94 Å². The molecule has 1 atom stereocenters. The number of unbranched alkanes of at least 4 members (excludes halogenated alkanes) is 3. The summed E-state index contributed by atoms with van der Waals surface area (Å²) in [6.07, 6.45) is 8.42. The molecule has 9 nitrogen and oxygen atoms in total. The van der Waals surface area contributed by atoms with Crippen LogP contribution >= 0.6 is 0 Å². The number of amides is 2. The molecule has 160 valence electrons. The van der Waals surface area contributed by atoms with E-state index in [1.807, 2.05) is 24.3 Å². The monoisotopic (exact) mass is 413 g/mol. The van der Waals surface area contributed by atoms with E-state index < -0.39 is 0 Å². The van der Waals surface area contributed by atoms with Crippen LogP contribution in [0.25, 0.3) is 0 Å². The largest absolute Gasteiger partial charge is 0.493 e. The van der Waals surface area contributed by atoms with Crippen molar-refractivity contribution in [2.24, 2.45) is 0 Å². The van der Waals surface area contributed by atoms with Crippen molar-refractivity contribution >= 4 is 24.0 Å². The number of fused-ring (bicyclic) bond motifs is 1. The molecule has 0 saturated carbocycles. The van der Waals surface area contributed by atoms with E-state index in [0.717, 1.165) is 43.4 Å². The van der Waals surface area contributed by atoms with Crippen LogP contribution in [0.3, 0.4) is 0 Å². The lowest BCUT2D eigenvalue weighted by Gasteiger charge is -2.26. The number of carbonyl (C=O) groups is 2. The Morgan fingerprint density at radius 2 is 1.97 bits per heavy atom. The smallest absolute Gasteiger partial charge is 0.243 e. The highest BCUT2D eigenvalue weighted by atomic mass is 16.5. The lowest BCUT2D eigenvalue weighted by molar-refractivity contribution is -0.129. The molecule has 9 heteroatoms. The Kier molecular flexibility index (Phi) is 7.96. The van der Waals surface area contributed by atoms with Gasteiger partial charge in [0.2, 0.25) is 18.3 Å². The Morgan fingerprint density at radius 3 is 2.73 bits per heavy atom. The third-order valence-electron chi connectivity index (χ3n) is 5.04. The molecule has 0 unspecified atom stereocenters. The summed E-state index contributed by atoms with van der Waals surface area (Å²) >= 11 is 0. The summed E-state index contributed by atoms with van der Waals surface area (Å²) in [5.74, 6) is 1.01. The maximum atomic E-state index is 11.5. The standard InChI is InChI=1S/C21H27N5O4/c27-15-26(11-6-2-1-3-9-20(28)25-29)16-13-22-21(23-14-16)24-18-10-12-30-19-8-5-4-7-17(18)19/h4-5,7-8,13-15,18,29H,1-3,6,9-12H2,(H,25,28)(H,22,23,24)/t18-/m0/s1. The first-order valence-electron chi connectivity index (χ1n) is 10.2. The Labute approximate surface area is 175 Å². The van der Waals surface area contributed by atoms with Crippen LogP contribution in [-0.4, -0.2) is 40.6 Å². The molecule has 30 heavy (non-hydrogen) atoms. The molecule has 0 radical (unpaired) electrons. The molecule has 0 spiro atoms. The van der Waals surface area contributed by atoms with Gasteiger partial charge in [-0.25, -0.2) is 15.4 Å². The number of anilines is 2. The van der Waals surface area contributed by atoms with Gasteiger partial charge in [0.25, 0.3) is 0 Å². The first-order valence-corrected chi connectivity index (χ1v) is 10.2. The second-order valence-electron chi connectivity index (χ2n) is 7.13. The number of para-hydroxylation sites is 1. The molecule has 1 aliphatic rings. The lowest BCUT2D eigenvalue weighted by Crippen LogP contribution is -2.24. The molecular weight excluding hydrogens is 386 g/mol. The molecule has 0 bridgehead atoms. The van der Waals surface area contributed by atoms with E-state index >= 15 is 0 Å². The first-order chi connectivity index (χ1) is 14.7. The molecule has 1 aliphatic heterocycles. The maximum Gasteiger partial charge on any atom is 0.243 e. The van der Waals surface area contributed by atoms with Gasteiger partial charge < -0.3 is 15.0 Å². The van der Waals surface area contributed by atoms with E-state index in [1.165, 1.54) is 0 Å². The van der Waals surface area contributed by atoms with Gasteiger partial charge >= 0.3 is 0 Å². The number of aromatic nitrogens is 2. The number of benzene rings is 1. The number of nitrogens with one attached hydrogen (secondary N) is 2. The van der Waals surface area contributed by atoms with Gasteiger partial charge in [0.05, 0.1) is 30.7 Å². The van der Waals surface area contributed by atoms with Crippen LogP contribution < -0.4 is 20.4 Å². The van der Waals surface area contributed by atoms with Crippen molar-refractivity contribution in [3.05, 3.63) is 42.2 Å². The highest BCUT2D eigenvalue weighted by Gasteiger charge is 2.21. The van der Waals surface area contributed by atoms with Crippen molar-refractivity contribution in [1.82, 2.24) is 15.4 Å². The zero-order valence-corrected chi connectivity index (χ0v) is 16.8. The van der Waals surface area contributed by atoms with Gasteiger partial charge in [0.15, 0.2) is 0 Å². The average molecular weight is 413 g/mol.